The Balaban J connectivity index is 1.81. The summed E-state index contributed by atoms with van der Waals surface area (Å²) in [5.74, 6) is 0.324. The van der Waals surface area contributed by atoms with Crippen LogP contribution in [0.25, 0.3) is 0 Å². The molecule has 0 aromatic heterocycles. The summed E-state index contributed by atoms with van der Waals surface area (Å²) in [4.78, 5) is 11.7. The van der Waals surface area contributed by atoms with E-state index >= 15 is 0 Å². The molecule has 0 bridgehead atoms. The van der Waals surface area contributed by atoms with Crippen LogP contribution in [0, 0.1) is 0 Å². The van der Waals surface area contributed by atoms with Crippen LogP contribution in [0.4, 0.5) is 0 Å². The van der Waals surface area contributed by atoms with Crippen molar-refractivity contribution in [2.75, 3.05) is 6.61 Å². The molecule has 0 radical (unpaired) electrons. The molecule has 126 valence electrons. The lowest BCUT2D eigenvalue weighted by atomic mass is 9.87. The van der Waals surface area contributed by atoms with Gasteiger partial charge in [0.25, 0.3) is 5.91 Å². The van der Waals surface area contributed by atoms with Crippen LogP contribution in [-0.4, -0.2) is 18.7 Å². The van der Waals surface area contributed by atoms with E-state index in [0.29, 0.717) is 10.8 Å². The second kappa shape index (κ2) is 7.97. The molecule has 0 saturated carbocycles. The van der Waals surface area contributed by atoms with Gasteiger partial charge in [-0.3, -0.25) is 4.79 Å². The fraction of sp³-hybridized carbons (Fsp3) is 0.263. The van der Waals surface area contributed by atoms with E-state index in [0.717, 1.165) is 5.56 Å². The van der Waals surface area contributed by atoms with Crippen LogP contribution in [0.2, 0.25) is 5.02 Å². The first-order valence-corrected chi connectivity index (χ1v) is 8.03. The molecule has 0 spiro atoms. The van der Waals surface area contributed by atoms with Crippen LogP contribution in [-0.2, 0) is 10.2 Å². The zero-order valence-electron chi connectivity index (χ0n) is 14.0. The Bertz CT molecular complexity index is 719. The van der Waals surface area contributed by atoms with Crippen LogP contribution in [0.1, 0.15) is 31.9 Å². The molecule has 2 aromatic rings. The van der Waals surface area contributed by atoms with Crippen molar-refractivity contribution >= 4 is 23.7 Å². The SMILES string of the molecule is CC(C)(C)c1ccc(OCC(=O)NN=Cc2cccc(Cl)c2)cc1. The number of hydrazone groups is 1. The second-order valence-corrected chi connectivity index (χ2v) is 6.85. The summed E-state index contributed by atoms with van der Waals surface area (Å²) in [6, 6.07) is 14.9. The number of rotatable bonds is 5. The van der Waals surface area contributed by atoms with Crippen molar-refractivity contribution in [1.82, 2.24) is 5.43 Å². The Morgan fingerprint density at radius 2 is 1.92 bits per heavy atom. The number of carbonyl (C=O) groups is 1. The van der Waals surface area contributed by atoms with Crippen molar-refractivity contribution in [3.63, 3.8) is 0 Å². The van der Waals surface area contributed by atoms with E-state index in [1.807, 2.05) is 36.4 Å². The highest BCUT2D eigenvalue weighted by Gasteiger charge is 2.13. The van der Waals surface area contributed by atoms with Crippen molar-refractivity contribution in [1.29, 1.82) is 0 Å². The lowest BCUT2D eigenvalue weighted by Gasteiger charge is -2.19. The van der Waals surface area contributed by atoms with Gasteiger partial charge in [-0.1, -0.05) is 56.6 Å². The topological polar surface area (TPSA) is 50.7 Å². The number of halogens is 1. The van der Waals surface area contributed by atoms with E-state index in [9.17, 15) is 4.79 Å². The highest BCUT2D eigenvalue weighted by Crippen LogP contribution is 2.24. The molecule has 2 rings (SSSR count). The average Bonchev–Trinajstić information content (AvgIpc) is 2.52. The largest absolute Gasteiger partial charge is 0.484 e. The standard InChI is InChI=1S/C19H21ClN2O2/c1-19(2,3)15-7-9-17(10-8-15)24-13-18(23)22-21-12-14-5-4-6-16(20)11-14/h4-12H,13H2,1-3H3,(H,22,23). The van der Waals surface area contributed by atoms with E-state index in [1.165, 1.54) is 11.8 Å². The maximum absolute atomic E-state index is 11.7. The summed E-state index contributed by atoms with van der Waals surface area (Å²) in [7, 11) is 0. The molecule has 0 aliphatic heterocycles. The molecule has 1 amide bonds. The Morgan fingerprint density at radius 1 is 1.21 bits per heavy atom. The number of nitrogens with one attached hydrogen (secondary N) is 1. The number of hydrogen-bond acceptors (Lipinski definition) is 3. The van der Waals surface area contributed by atoms with Gasteiger partial charge in [-0.2, -0.15) is 5.10 Å². The zero-order chi connectivity index (χ0) is 17.6. The maximum Gasteiger partial charge on any atom is 0.277 e. The molecule has 2 aromatic carbocycles. The smallest absolute Gasteiger partial charge is 0.277 e. The summed E-state index contributed by atoms with van der Waals surface area (Å²) in [5, 5.41) is 4.50. The summed E-state index contributed by atoms with van der Waals surface area (Å²) in [6.45, 7) is 6.35. The predicted molar refractivity (Wildman–Crippen MR) is 97.8 cm³/mol. The van der Waals surface area contributed by atoms with Crippen LogP contribution in [0.5, 0.6) is 5.75 Å². The van der Waals surface area contributed by atoms with Crippen molar-refractivity contribution in [2.45, 2.75) is 26.2 Å². The fourth-order valence-electron chi connectivity index (χ4n) is 2.00. The fourth-order valence-corrected chi connectivity index (χ4v) is 2.20. The van der Waals surface area contributed by atoms with E-state index in [-0.39, 0.29) is 17.9 Å². The molecule has 4 nitrogen and oxygen atoms in total. The number of nitrogens with zero attached hydrogens (tertiary/aromatic N) is 1. The molecule has 24 heavy (non-hydrogen) atoms. The summed E-state index contributed by atoms with van der Waals surface area (Å²) >= 11 is 5.87. The Kier molecular flexibility index (Phi) is 5.99. The summed E-state index contributed by atoms with van der Waals surface area (Å²) in [6.07, 6.45) is 1.53. The molecule has 0 unspecified atom stereocenters. The molecular formula is C19H21ClN2O2. The molecule has 0 atom stereocenters. The van der Waals surface area contributed by atoms with Gasteiger partial charge in [-0.25, -0.2) is 5.43 Å². The molecule has 0 saturated heterocycles. The normalized spacial score (nSPS) is 11.5. The Labute approximate surface area is 147 Å². The minimum absolute atomic E-state index is 0.0882. The number of benzene rings is 2. The van der Waals surface area contributed by atoms with E-state index in [1.54, 1.807) is 12.1 Å². The van der Waals surface area contributed by atoms with E-state index < -0.39 is 0 Å². The minimum Gasteiger partial charge on any atom is -0.484 e. The van der Waals surface area contributed by atoms with E-state index in [4.69, 9.17) is 16.3 Å². The number of carbonyl (C=O) groups excluding carboxylic acids is 1. The van der Waals surface area contributed by atoms with Gasteiger partial charge >= 0.3 is 0 Å². The van der Waals surface area contributed by atoms with Crippen molar-refractivity contribution in [2.24, 2.45) is 5.10 Å². The first kappa shape index (κ1) is 18.0. The predicted octanol–water partition coefficient (Wildman–Crippen LogP) is 4.17. The van der Waals surface area contributed by atoms with Gasteiger partial charge in [0, 0.05) is 5.02 Å². The molecule has 0 aliphatic carbocycles. The van der Waals surface area contributed by atoms with Gasteiger partial charge in [0.15, 0.2) is 6.61 Å². The summed E-state index contributed by atoms with van der Waals surface area (Å²) in [5.41, 5.74) is 4.53. The monoisotopic (exact) mass is 344 g/mol. The van der Waals surface area contributed by atoms with Gasteiger partial charge in [0.05, 0.1) is 6.21 Å². The zero-order valence-corrected chi connectivity index (χ0v) is 14.8. The third-order valence-electron chi connectivity index (χ3n) is 3.34. The van der Waals surface area contributed by atoms with Crippen molar-refractivity contribution < 1.29 is 9.53 Å². The van der Waals surface area contributed by atoms with Gasteiger partial charge in [0.1, 0.15) is 5.75 Å². The molecule has 1 N–H and O–H groups in total. The lowest BCUT2D eigenvalue weighted by molar-refractivity contribution is -0.123. The van der Waals surface area contributed by atoms with Crippen LogP contribution < -0.4 is 10.2 Å². The van der Waals surface area contributed by atoms with Gasteiger partial charge in [-0.05, 0) is 40.8 Å². The molecule has 0 aliphatic rings. The van der Waals surface area contributed by atoms with Crippen molar-refractivity contribution in [3.05, 3.63) is 64.7 Å². The quantitative estimate of drug-likeness (QED) is 0.653. The number of ether oxygens (including phenoxy) is 1. The molecule has 5 heteroatoms. The van der Waals surface area contributed by atoms with Crippen LogP contribution >= 0.6 is 11.6 Å². The molecule has 0 heterocycles. The second-order valence-electron chi connectivity index (χ2n) is 6.41. The number of hydrogen-bond donors (Lipinski definition) is 1. The Morgan fingerprint density at radius 3 is 2.54 bits per heavy atom. The van der Waals surface area contributed by atoms with Gasteiger partial charge in [-0.15, -0.1) is 0 Å². The highest BCUT2D eigenvalue weighted by molar-refractivity contribution is 6.30. The minimum atomic E-state index is -0.326. The lowest BCUT2D eigenvalue weighted by Crippen LogP contribution is -2.24. The van der Waals surface area contributed by atoms with Crippen molar-refractivity contribution in [3.8, 4) is 5.75 Å². The third kappa shape index (κ3) is 5.70. The number of amides is 1. The van der Waals surface area contributed by atoms with Gasteiger partial charge < -0.3 is 4.74 Å². The van der Waals surface area contributed by atoms with Crippen LogP contribution in [0.3, 0.4) is 0 Å². The molecular weight excluding hydrogens is 324 g/mol. The maximum atomic E-state index is 11.7. The highest BCUT2D eigenvalue weighted by atomic mass is 35.5. The van der Waals surface area contributed by atoms with Gasteiger partial charge in [0.2, 0.25) is 0 Å². The van der Waals surface area contributed by atoms with E-state index in [2.05, 4.69) is 31.3 Å². The summed E-state index contributed by atoms with van der Waals surface area (Å²) < 4.78 is 5.45. The first-order valence-electron chi connectivity index (χ1n) is 7.65. The third-order valence-corrected chi connectivity index (χ3v) is 3.58. The van der Waals surface area contributed by atoms with Crippen LogP contribution in [0.15, 0.2) is 53.6 Å². The molecule has 0 fully saturated rings. The first-order chi connectivity index (χ1) is 11.3. The average molecular weight is 345 g/mol. The Hall–Kier alpha value is -2.33.